The minimum absolute atomic E-state index is 0.0978. The van der Waals surface area contributed by atoms with Crippen LogP contribution in [0.2, 0.25) is 0 Å². The largest absolute Gasteiger partial charge is 0.462 e. The monoisotopic (exact) mass is 1030 g/mol. The molecular weight excluding hydrogens is 925 g/mol. The summed E-state index contributed by atoms with van der Waals surface area (Å²) in [6.45, 7) is 6.39. The van der Waals surface area contributed by atoms with Crippen molar-refractivity contribution < 1.29 is 28.6 Å². The van der Waals surface area contributed by atoms with Crippen LogP contribution in [0.1, 0.15) is 252 Å². The highest BCUT2D eigenvalue weighted by Crippen LogP contribution is 2.13. The third-order valence-electron chi connectivity index (χ3n) is 12.3. The lowest BCUT2D eigenvalue weighted by Crippen LogP contribution is -2.30. The maximum Gasteiger partial charge on any atom is 0.306 e. The molecule has 0 saturated heterocycles. The summed E-state index contributed by atoms with van der Waals surface area (Å²) in [5.41, 5.74) is 0. The molecule has 0 saturated carbocycles. The van der Waals surface area contributed by atoms with E-state index in [9.17, 15) is 14.4 Å². The Kier molecular flexibility index (Phi) is 58.0. The molecule has 1 atom stereocenters. The molecule has 75 heavy (non-hydrogen) atoms. The van der Waals surface area contributed by atoms with Crippen LogP contribution in [0.25, 0.3) is 0 Å². The highest BCUT2D eigenvalue weighted by Gasteiger charge is 2.19. The van der Waals surface area contributed by atoms with Gasteiger partial charge in [0.1, 0.15) is 13.2 Å². The first kappa shape index (κ1) is 70.3. The normalized spacial score (nSPS) is 13.2. The van der Waals surface area contributed by atoms with Gasteiger partial charge in [-0.2, -0.15) is 0 Å². The minimum Gasteiger partial charge on any atom is -0.462 e. The quantitative estimate of drug-likeness (QED) is 0.0261. The molecular formula is C69H110O6. The van der Waals surface area contributed by atoms with Crippen molar-refractivity contribution in [1.29, 1.82) is 0 Å². The molecule has 0 spiro atoms. The summed E-state index contributed by atoms with van der Waals surface area (Å²) in [5.74, 6) is -0.950. The average Bonchev–Trinajstić information content (AvgIpc) is 3.41. The Morgan fingerprint density at radius 1 is 0.280 bits per heavy atom. The Balaban J connectivity index is 4.24. The molecule has 6 heteroatoms. The molecule has 0 aliphatic carbocycles. The zero-order valence-corrected chi connectivity index (χ0v) is 48.3. The van der Waals surface area contributed by atoms with Crippen LogP contribution < -0.4 is 0 Å². The van der Waals surface area contributed by atoms with Crippen molar-refractivity contribution in [3.63, 3.8) is 0 Å². The third-order valence-corrected chi connectivity index (χ3v) is 12.3. The first-order valence-electron chi connectivity index (χ1n) is 30.3. The van der Waals surface area contributed by atoms with E-state index in [2.05, 4.69) is 167 Å². The number of unbranched alkanes of at least 4 members (excludes halogenated alkanes) is 18. The van der Waals surface area contributed by atoms with E-state index in [1.54, 1.807) is 0 Å². The van der Waals surface area contributed by atoms with E-state index in [1.807, 2.05) is 0 Å². The first-order chi connectivity index (χ1) is 37.0. The predicted molar refractivity (Wildman–Crippen MR) is 325 cm³/mol. The van der Waals surface area contributed by atoms with Crippen LogP contribution in [0.3, 0.4) is 0 Å². The van der Waals surface area contributed by atoms with Crippen molar-refractivity contribution >= 4 is 17.9 Å². The van der Waals surface area contributed by atoms with Crippen molar-refractivity contribution in [2.45, 2.75) is 258 Å². The summed E-state index contributed by atoms with van der Waals surface area (Å²) in [4.78, 5) is 38.0. The molecule has 0 radical (unpaired) electrons. The van der Waals surface area contributed by atoms with Gasteiger partial charge >= 0.3 is 17.9 Å². The predicted octanol–water partition coefficient (Wildman–Crippen LogP) is 20.8. The van der Waals surface area contributed by atoms with Gasteiger partial charge in [0, 0.05) is 19.3 Å². The van der Waals surface area contributed by atoms with Gasteiger partial charge in [0.05, 0.1) is 0 Å². The Hall–Kier alpha value is -4.71. The van der Waals surface area contributed by atoms with Crippen LogP contribution in [0, 0.1) is 0 Å². The van der Waals surface area contributed by atoms with Crippen LogP contribution >= 0.6 is 0 Å². The average molecular weight is 1040 g/mol. The summed E-state index contributed by atoms with van der Waals surface area (Å²) in [5, 5.41) is 0. The Bertz CT molecular complexity index is 1660. The van der Waals surface area contributed by atoms with Crippen LogP contribution in [-0.2, 0) is 28.6 Å². The van der Waals surface area contributed by atoms with Crippen molar-refractivity contribution in [3.05, 3.63) is 146 Å². The summed E-state index contributed by atoms with van der Waals surface area (Å²) in [6, 6.07) is 0. The third kappa shape index (κ3) is 60.0. The first-order valence-corrected chi connectivity index (χ1v) is 30.3. The van der Waals surface area contributed by atoms with Gasteiger partial charge in [-0.25, -0.2) is 0 Å². The van der Waals surface area contributed by atoms with E-state index in [0.29, 0.717) is 19.3 Å². The van der Waals surface area contributed by atoms with Crippen molar-refractivity contribution in [3.8, 4) is 0 Å². The zero-order valence-electron chi connectivity index (χ0n) is 48.3. The maximum atomic E-state index is 12.8. The van der Waals surface area contributed by atoms with Gasteiger partial charge in [-0.15, -0.1) is 0 Å². The lowest BCUT2D eigenvalue weighted by molar-refractivity contribution is -0.167. The lowest BCUT2D eigenvalue weighted by Gasteiger charge is -2.18. The van der Waals surface area contributed by atoms with Crippen LogP contribution in [0.4, 0.5) is 0 Å². The lowest BCUT2D eigenvalue weighted by atomic mass is 10.1. The van der Waals surface area contributed by atoms with Gasteiger partial charge in [0.25, 0.3) is 0 Å². The maximum absolute atomic E-state index is 12.8. The molecule has 0 amide bonds. The molecule has 0 aromatic rings. The molecule has 0 rings (SSSR count). The van der Waals surface area contributed by atoms with Crippen LogP contribution in [0.15, 0.2) is 146 Å². The second-order valence-corrected chi connectivity index (χ2v) is 19.5. The number of hydrogen-bond acceptors (Lipinski definition) is 6. The van der Waals surface area contributed by atoms with Gasteiger partial charge < -0.3 is 14.2 Å². The summed E-state index contributed by atoms with van der Waals surface area (Å²) in [6.07, 6.45) is 88.6. The molecule has 0 aliphatic heterocycles. The van der Waals surface area contributed by atoms with E-state index in [1.165, 1.54) is 44.9 Å². The Morgan fingerprint density at radius 3 is 0.880 bits per heavy atom. The molecule has 1 unspecified atom stereocenters. The summed E-state index contributed by atoms with van der Waals surface area (Å²) < 4.78 is 16.8. The van der Waals surface area contributed by atoms with Gasteiger partial charge in [0.15, 0.2) is 6.10 Å². The summed E-state index contributed by atoms with van der Waals surface area (Å²) in [7, 11) is 0. The van der Waals surface area contributed by atoms with Crippen LogP contribution in [0.5, 0.6) is 0 Å². The zero-order chi connectivity index (χ0) is 54.3. The van der Waals surface area contributed by atoms with E-state index in [0.717, 1.165) is 167 Å². The topological polar surface area (TPSA) is 78.9 Å². The van der Waals surface area contributed by atoms with Crippen molar-refractivity contribution in [2.75, 3.05) is 13.2 Å². The van der Waals surface area contributed by atoms with Crippen LogP contribution in [-0.4, -0.2) is 37.2 Å². The summed E-state index contributed by atoms with van der Waals surface area (Å²) >= 11 is 0. The van der Waals surface area contributed by atoms with Gasteiger partial charge in [0.2, 0.25) is 0 Å². The molecule has 0 N–H and O–H groups in total. The van der Waals surface area contributed by atoms with E-state index < -0.39 is 6.10 Å². The SMILES string of the molecule is CC/C=C\C/C=C\C/C=C\C/C=C\C/C=C\C/C=C\C/C=C\C/C=C\C/C=C\C/C=C\CCCCCCC(=O)OCC(COC(=O)CCCCCCC/C=C\CCC)OC(=O)CCCCCCC/C=C\CCCCC. The highest BCUT2D eigenvalue weighted by atomic mass is 16.6. The molecule has 0 fully saturated rings. The number of carbonyl (C=O) groups excluding carboxylic acids is 3. The van der Waals surface area contributed by atoms with Gasteiger partial charge in [-0.3, -0.25) is 14.4 Å². The number of hydrogen-bond donors (Lipinski definition) is 0. The standard InChI is InChI=1S/C69H110O6/c1-4-7-10-13-16-19-22-24-25-26-27-28-29-30-31-32-33-34-35-36-37-38-39-40-41-42-43-44-45-46-48-50-53-56-59-62-68(71)74-65-66(64-73-67(70)61-58-55-52-49-21-18-15-12-9-6-3)75-69(72)63-60-57-54-51-47-23-20-17-14-11-8-5-2/h7,10,12,15-17,19-20,24-25,27-28,30-31,33-34,36-37,39-40,42-43,45-46,66H,4-6,8-9,11,13-14,18,21-23,26,29,32,35,38,41,44,47-65H2,1-3H3/b10-7-,15-12-,19-16-,20-17-,25-24-,28-27-,31-30-,34-33-,37-36-,40-39-,43-42-,46-45-. The molecule has 0 aliphatic rings. The highest BCUT2D eigenvalue weighted by molar-refractivity contribution is 5.71. The fraction of sp³-hybridized carbons (Fsp3) is 0.609. The molecule has 0 bridgehead atoms. The molecule has 0 aromatic heterocycles. The number of esters is 3. The molecule has 422 valence electrons. The molecule has 0 heterocycles. The van der Waals surface area contributed by atoms with Gasteiger partial charge in [-0.05, 0) is 141 Å². The number of rotatable bonds is 53. The van der Waals surface area contributed by atoms with Gasteiger partial charge in [-0.1, -0.05) is 237 Å². The number of allylic oxidation sites excluding steroid dienone is 24. The Morgan fingerprint density at radius 2 is 0.547 bits per heavy atom. The molecule has 6 nitrogen and oxygen atoms in total. The fourth-order valence-corrected chi connectivity index (χ4v) is 7.76. The fourth-order valence-electron chi connectivity index (χ4n) is 7.76. The van der Waals surface area contributed by atoms with E-state index in [4.69, 9.17) is 14.2 Å². The van der Waals surface area contributed by atoms with Crippen molar-refractivity contribution in [1.82, 2.24) is 0 Å². The van der Waals surface area contributed by atoms with E-state index in [-0.39, 0.29) is 31.1 Å². The Labute approximate surface area is 461 Å². The van der Waals surface area contributed by atoms with Crippen molar-refractivity contribution in [2.24, 2.45) is 0 Å². The van der Waals surface area contributed by atoms with E-state index >= 15 is 0 Å². The number of ether oxygens (including phenoxy) is 3. The second kappa shape index (κ2) is 61.8. The molecule has 0 aromatic carbocycles. The minimum atomic E-state index is -0.800. The number of carbonyl (C=O) groups is 3. The second-order valence-electron chi connectivity index (χ2n) is 19.5. The smallest absolute Gasteiger partial charge is 0.306 e.